The van der Waals surface area contributed by atoms with Gasteiger partial charge in [0.2, 0.25) is 0 Å². The zero-order valence-corrected chi connectivity index (χ0v) is 11.7. The number of hydrogen-bond acceptors (Lipinski definition) is 4. The third-order valence-electron chi connectivity index (χ3n) is 3.94. The van der Waals surface area contributed by atoms with E-state index in [0.29, 0.717) is 24.3 Å². The topological polar surface area (TPSA) is 75.7 Å². The summed E-state index contributed by atoms with van der Waals surface area (Å²) >= 11 is 0. The maximum Gasteiger partial charge on any atom is 0.325 e. The second-order valence-corrected chi connectivity index (χ2v) is 5.34. The molecule has 110 valence electrons. The summed E-state index contributed by atoms with van der Waals surface area (Å²) in [5.41, 5.74) is -0.372. The lowest BCUT2D eigenvalue weighted by Gasteiger charge is -2.33. The van der Waals surface area contributed by atoms with Crippen LogP contribution in [0.2, 0.25) is 0 Å². The Kier molecular flexibility index (Phi) is 3.16. The number of fused-ring (bicyclic) bond motifs is 2. The molecule has 0 aliphatic carbocycles. The molecule has 2 heterocycles. The number of ether oxygens (including phenoxy) is 1. The first-order chi connectivity index (χ1) is 10.0. The molecule has 2 aliphatic rings. The highest BCUT2D eigenvalue weighted by molar-refractivity contribution is 6.08. The van der Waals surface area contributed by atoms with Gasteiger partial charge in [-0.05, 0) is 13.0 Å². The molecule has 3 amide bonds. The number of rotatable bonds is 3. The van der Waals surface area contributed by atoms with E-state index >= 15 is 0 Å². The predicted octanol–water partition coefficient (Wildman–Crippen LogP) is 1.20. The fourth-order valence-corrected chi connectivity index (χ4v) is 2.84. The van der Waals surface area contributed by atoms with E-state index in [1.54, 1.807) is 12.1 Å². The molecular formula is C15H16N2O4. The summed E-state index contributed by atoms with van der Waals surface area (Å²) in [6.07, 6.45) is 0.568. The van der Waals surface area contributed by atoms with Crippen molar-refractivity contribution >= 4 is 17.7 Å². The zero-order valence-electron chi connectivity index (χ0n) is 11.7. The highest BCUT2D eigenvalue weighted by Gasteiger charge is 2.54. The Morgan fingerprint density at radius 3 is 2.90 bits per heavy atom. The first-order valence-electron chi connectivity index (χ1n) is 6.90. The number of para-hydroxylation sites is 1. The second-order valence-electron chi connectivity index (χ2n) is 5.34. The minimum atomic E-state index is -1.05. The Labute approximate surface area is 122 Å². The van der Waals surface area contributed by atoms with Crippen LogP contribution in [-0.2, 0) is 15.1 Å². The molecule has 3 rings (SSSR count). The van der Waals surface area contributed by atoms with Crippen LogP contribution < -0.4 is 10.1 Å². The summed E-state index contributed by atoms with van der Waals surface area (Å²) in [5, 5.41) is 2.80. The number of urea groups is 1. The molecule has 1 aromatic carbocycles. The predicted molar refractivity (Wildman–Crippen MR) is 73.8 cm³/mol. The van der Waals surface area contributed by atoms with Crippen molar-refractivity contribution in [1.82, 2.24) is 10.2 Å². The molecule has 6 heteroatoms. The number of carbonyl (C=O) groups excluding carboxylic acids is 3. The van der Waals surface area contributed by atoms with Gasteiger partial charge in [0.25, 0.3) is 5.91 Å². The van der Waals surface area contributed by atoms with E-state index in [1.807, 2.05) is 12.1 Å². The summed E-state index contributed by atoms with van der Waals surface area (Å²) in [6.45, 7) is 1.92. The van der Waals surface area contributed by atoms with E-state index in [2.05, 4.69) is 5.32 Å². The number of nitrogens with zero attached hydrogens (tertiary/aromatic N) is 1. The number of nitrogens with one attached hydrogen (secondary N) is 1. The van der Waals surface area contributed by atoms with Gasteiger partial charge in [-0.2, -0.15) is 0 Å². The lowest BCUT2D eigenvalue weighted by Crippen LogP contribution is -2.47. The van der Waals surface area contributed by atoms with Crippen molar-refractivity contribution in [1.29, 1.82) is 0 Å². The summed E-state index contributed by atoms with van der Waals surface area (Å²) in [7, 11) is 0. The molecule has 1 N–H and O–H groups in total. The first kappa shape index (κ1) is 13.6. The van der Waals surface area contributed by atoms with Gasteiger partial charge >= 0.3 is 6.03 Å². The Morgan fingerprint density at radius 1 is 1.38 bits per heavy atom. The number of benzene rings is 1. The Balaban J connectivity index is 1.95. The molecule has 0 unspecified atom stereocenters. The van der Waals surface area contributed by atoms with Gasteiger partial charge in [0.1, 0.15) is 11.5 Å². The van der Waals surface area contributed by atoms with Gasteiger partial charge in [-0.25, -0.2) is 4.79 Å². The standard InChI is InChI=1S/C15H16N2O4/c1-10(18)6-8-17-13(19)15(16-14(17)20)7-9-21-12-5-3-2-4-11(12)15/h2-5H,6-9H2,1H3,(H,16,20)/t15-/m0/s1. The maximum absolute atomic E-state index is 12.7. The van der Waals surface area contributed by atoms with Gasteiger partial charge in [0.05, 0.1) is 6.61 Å². The average Bonchev–Trinajstić information content (AvgIpc) is 2.69. The van der Waals surface area contributed by atoms with Crippen molar-refractivity contribution in [2.75, 3.05) is 13.2 Å². The van der Waals surface area contributed by atoms with Crippen LogP contribution in [-0.4, -0.2) is 35.8 Å². The molecule has 0 bridgehead atoms. The van der Waals surface area contributed by atoms with E-state index < -0.39 is 11.6 Å². The lowest BCUT2D eigenvalue weighted by atomic mass is 9.84. The second kappa shape index (κ2) is 4.87. The van der Waals surface area contributed by atoms with Crippen LogP contribution in [0.1, 0.15) is 25.3 Å². The van der Waals surface area contributed by atoms with Crippen LogP contribution in [0, 0.1) is 0 Å². The van der Waals surface area contributed by atoms with E-state index in [4.69, 9.17) is 4.74 Å². The average molecular weight is 288 g/mol. The molecule has 1 spiro atoms. The van der Waals surface area contributed by atoms with Crippen molar-refractivity contribution < 1.29 is 19.1 Å². The number of ketones is 1. The highest BCUT2D eigenvalue weighted by Crippen LogP contribution is 2.40. The monoisotopic (exact) mass is 288 g/mol. The smallest absolute Gasteiger partial charge is 0.325 e. The summed E-state index contributed by atoms with van der Waals surface area (Å²) in [5.74, 6) is 0.263. The number of imide groups is 1. The molecule has 21 heavy (non-hydrogen) atoms. The van der Waals surface area contributed by atoms with Crippen LogP contribution in [0.4, 0.5) is 4.79 Å². The Hall–Kier alpha value is -2.37. The SMILES string of the molecule is CC(=O)CCN1C(=O)N[C@]2(CCOc3ccccc32)C1=O. The van der Waals surface area contributed by atoms with Crippen molar-refractivity contribution in [3.63, 3.8) is 0 Å². The molecule has 1 saturated heterocycles. The van der Waals surface area contributed by atoms with Gasteiger partial charge in [-0.1, -0.05) is 18.2 Å². The van der Waals surface area contributed by atoms with E-state index in [0.717, 1.165) is 4.90 Å². The van der Waals surface area contributed by atoms with Crippen LogP contribution >= 0.6 is 0 Å². The molecule has 1 aromatic rings. The molecular weight excluding hydrogens is 272 g/mol. The van der Waals surface area contributed by atoms with Gasteiger partial charge in [0, 0.05) is 24.9 Å². The fraction of sp³-hybridized carbons (Fsp3) is 0.400. The molecule has 0 aromatic heterocycles. The normalized spacial score (nSPS) is 23.8. The number of Topliss-reactive ketones (excluding diaryl/α,β-unsaturated/α-hetero) is 1. The third-order valence-corrected chi connectivity index (χ3v) is 3.94. The third kappa shape index (κ3) is 2.07. The Bertz CT molecular complexity index is 628. The molecule has 1 fully saturated rings. The molecule has 2 aliphatic heterocycles. The largest absolute Gasteiger partial charge is 0.493 e. The van der Waals surface area contributed by atoms with Gasteiger partial charge in [-0.3, -0.25) is 14.5 Å². The summed E-state index contributed by atoms with van der Waals surface area (Å²) < 4.78 is 5.55. The first-order valence-corrected chi connectivity index (χ1v) is 6.90. The highest BCUT2D eigenvalue weighted by atomic mass is 16.5. The minimum absolute atomic E-state index is 0.0519. The van der Waals surface area contributed by atoms with Crippen molar-refractivity contribution in [3.05, 3.63) is 29.8 Å². The number of carbonyl (C=O) groups is 3. The van der Waals surface area contributed by atoms with Crippen molar-refractivity contribution in [2.45, 2.75) is 25.3 Å². The number of amides is 3. The van der Waals surface area contributed by atoms with Crippen LogP contribution in [0.15, 0.2) is 24.3 Å². The molecule has 0 radical (unpaired) electrons. The van der Waals surface area contributed by atoms with Crippen LogP contribution in [0.25, 0.3) is 0 Å². The van der Waals surface area contributed by atoms with Gasteiger partial charge in [-0.15, -0.1) is 0 Å². The maximum atomic E-state index is 12.7. The van der Waals surface area contributed by atoms with Gasteiger partial charge in [0.15, 0.2) is 5.54 Å². The minimum Gasteiger partial charge on any atom is -0.493 e. The fourth-order valence-electron chi connectivity index (χ4n) is 2.84. The van der Waals surface area contributed by atoms with E-state index in [-0.39, 0.29) is 24.7 Å². The molecule has 6 nitrogen and oxygen atoms in total. The zero-order chi connectivity index (χ0) is 15.0. The molecule has 1 atom stereocenters. The van der Waals surface area contributed by atoms with E-state index in [9.17, 15) is 14.4 Å². The van der Waals surface area contributed by atoms with Crippen molar-refractivity contribution in [2.24, 2.45) is 0 Å². The Morgan fingerprint density at radius 2 is 2.14 bits per heavy atom. The molecule has 0 saturated carbocycles. The van der Waals surface area contributed by atoms with Crippen molar-refractivity contribution in [3.8, 4) is 5.75 Å². The summed E-state index contributed by atoms with van der Waals surface area (Å²) in [6, 6.07) is 6.77. The van der Waals surface area contributed by atoms with Crippen LogP contribution in [0.3, 0.4) is 0 Å². The van der Waals surface area contributed by atoms with Crippen LogP contribution in [0.5, 0.6) is 5.75 Å². The van der Waals surface area contributed by atoms with E-state index in [1.165, 1.54) is 6.92 Å². The number of hydrogen-bond donors (Lipinski definition) is 1. The lowest BCUT2D eigenvalue weighted by molar-refractivity contribution is -0.132. The van der Waals surface area contributed by atoms with Gasteiger partial charge < -0.3 is 10.1 Å². The summed E-state index contributed by atoms with van der Waals surface area (Å²) in [4.78, 5) is 37.1. The quantitative estimate of drug-likeness (QED) is 0.848.